The van der Waals surface area contributed by atoms with Gasteiger partial charge in [0.05, 0.1) is 26.1 Å². The first-order valence-electron chi connectivity index (χ1n) is 10.7. The first kappa shape index (κ1) is 21.1. The number of aryl methyl sites for hydroxylation is 1. The number of imidazole rings is 1. The molecule has 2 aromatic heterocycles. The Balaban J connectivity index is 1.48. The maximum atomic E-state index is 10.4. The van der Waals surface area contributed by atoms with Crippen LogP contribution in [0.5, 0.6) is 5.75 Å². The van der Waals surface area contributed by atoms with Gasteiger partial charge in [0, 0.05) is 7.11 Å². The zero-order chi connectivity index (χ0) is 22.2. The number of hydrogen-bond donors (Lipinski definition) is 3. The fraction of sp³-hybridized carbons (Fsp3) is 0.500. The number of fused-ring (bicyclic) bond motifs is 2. The average molecular weight is 441 g/mol. The van der Waals surface area contributed by atoms with Gasteiger partial charge in [-0.1, -0.05) is 6.07 Å². The third-order valence-electron chi connectivity index (χ3n) is 6.38. The van der Waals surface area contributed by atoms with Crippen LogP contribution in [0.3, 0.4) is 0 Å². The molecule has 0 radical (unpaired) electrons. The molecule has 10 heteroatoms. The van der Waals surface area contributed by atoms with E-state index in [0.717, 1.165) is 25.0 Å². The Labute approximate surface area is 185 Å². The number of methoxy groups -OCH3 is 2. The van der Waals surface area contributed by atoms with Crippen molar-refractivity contribution >= 4 is 17.0 Å². The van der Waals surface area contributed by atoms with E-state index in [1.165, 1.54) is 24.6 Å². The standard InChI is InChI=1S/C22H27N5O5/c1-30-13-7-6-12-4-3-5-15(14(12)8-13)26-20-17-21(24-10-23-20)27(11-25-17)22-19(31-2)18(29)16(9-28)32-22/h6-8,10-11,15-16,18-19,22,28-29H,3-5,9H2,1-2H3,(H,23,24,26)/t15?,16-,18-,19-,22-/m1/s1. The van der Waals surface area contributed by atoms with Gasteiger partial charge in [0.1, 0.15) is 30.4 Å². The van der Waals surface area contributed by atoms with Crippen LogP contribution in [0.25, 0.3) is 11.2 Å². The highest BCUT2D eigenvalue weighted by Crippen LogP contribution is 2.37. The largest absolute Gasteiger partial charge is 0.497 e. The lowest BCUT2D eigenvalue weighted by molar-refractivity contribution is -0.0583. The molecular formula is C22H27N5O5. The van der Waals surface area contributed by atoms with E-state index in [1.54, 1.807) is 18.0 Å². The van der Waals surface area contributed by atoms with Crippen molar-refractivity contribution < 1.29 is 24.4 Å². The molecule has 2 aliphatic rings. The third-order valence-corrected chi connectivity index (χ3v) is 6.38. The molecule has 10 nitrogen and oxygen atoms in total. The van der Waals surface area contributed by atoms with Crippen LogP contribution in [0.2, 0.25) is 0 Å². The van der Waals surface area contributed by atoms with Crippen molar-refractivity contribution in [1.29, 1.82) is 0 Å². The molecule has 1 fully saturated rings. The molecule has 5 rings (SSSR count). The summed E-state index contributed by atoms with van der Waals surface area (Å²) in [7, 11) is 3.17. The number of aromatic nitrogens is 4. The van der Waals surface area contributed by atoms with Crippen molar-refractivity contribution in [3.8, 4) is 5.75 Å². The van der Waals surface area contributed by atoms with Crippen LogP contribution < -0.4 is 10.1 Å². The predicted molar refractivity (Wildman–Crippen MR) is 115 cm³/mol. The Hall–Kier alpha value is -2.79. The summed E-state index contributed by atoms with van der Waals surface area (Å²) >= 11 is 0. The Kier molecular flexibility index (Phi) is 5.68. The first-order chi connectivity index (χ1) is 15.6. The number of aliphatic hydroxyl groups excluding tert-OH is 2. The van der Waals surface area contributed by atoms with Gasteiger partial charge in [-0.2, -0.15) is 0 Å². The zero-order valence-corrected chi connectivity index (χ0v) is 18.0. The van der Waals surface area contributed by atoms with E-state index in [9.17, 15) is 10.2 Å². The Morgan fingerprint density at radius 1 is 1.25 bits per heavy atom. The van der Waals surface area contributed by atoms with Crippen molar-refractivity contribution in [2.45, 2.75) is 49.8 Å². The Morgan fingerprint density at radius 2 is 2.12 bits per heavy atom. The lowest BCUT2D eigenvalue weighted by Gasteiger charge is -2.27. The minimum Gasteiger partial charge on any atom is -0.497 e. The lowest BCUT2D eigenvalue weighted by Crippen LogP contribution is -2.34. The molecule has 3 N–H and O–H groups in total. The van der Waals surface area contributed by atoms with Gasteiger partial charge in [-0.15, -0.1) is 0 Å². The predicted octanol–water partition coefficient (Wildman–Crippen LogP) is 1.59. The molecular weight excluding hydrogens is 414 g/mol. The molecule has 0 saturated carbocycles. The van der Waals surface area contributed by atoms with Gasteiger partial charge < -0.3 is 29.7 Å². The second-order valence-corrected chi connectivity index (χ2v) is 8.14. The van der Waals surface area contributed by atoms with Gasteiger partial charge in [-0.05, 0) is 42.5 Å². The van der Waals surface area contributed by atoms with E-state index in [4.69, 9.17) is 14.2 Å². The zero-order valence-electron chi connectivity index (χ0n) is 18.0. The number of benzene rings is 1. The minimum atomic E-state index is -0.958. The highest BCUT2D eigenvalue weighted by Gasteiger charge is 2.45. The topological polar surface area (TPSA) is 124 Å². The summed E-state index contributed by atoms with van der Waals surface area (Å²) in [6.45, 7) is -0.309. The van der Waals surface area contributed by atoms with E-state index in [1.807, 2.05) is 6.07 Å². The number of anilines is 1. The lowest BCUT2D eigenvalue weighted by atomic mass is 9.87. The molecule has 5 atom stereocenters. The molecule has 32 heavy (non-hydrogen) atoms. The normalized spacial score (nSPS) is 27.4. The smallest absolute Gasteiger partial charge is 0.167 e. The fourth-order valence-corrected chi connectivity index (χ4v) is 4.71. The van der Waals surface area contributed by atoms with E-state index < -0.39 is 24.5 Å². The van der Waals surface area contributed by atoms with Crippen molar-refractivity contribution in [3.63, 3.8) is 0 Å². The number of nitrogens with zero attached hydrogens (tertiary/aromatic N) is 4. The molecule has 1 aliphatic carbocycles. The molecule has 3 aromatic rings. The summed E-state index contributed by atoms with van der Waals surface area (Å²) in [5, 5.41) is 23.5. The van der Waals surface area contributed by atoms with Gasteiger partial charge in [0.25, 0.3) is 0 Å². The SMILES string of the molecule is COc1ccc2c(c1)C(Nc1ncnc3c1ncn3[C@@H]1O[C@H](CO)[C@@H](O)[C@H]1OC)CCC2. The summed E-state index contributed by atoms with van der Waals surface area (Å²) in [5.74, 6) is 1.45. The van der Waals surface area contributed by atoms with Crippen molar-refractivity contribution in [1.82, 2.24) is 19.5 Å². The van der Waals surface area contributed by atoms with Crippen molar-refractivity contribution in [3.05, 3.63) is 42.0 Å². The molecule has 1 aromatic carbocycles. The van der Waals surface area contributed by atoms with Crippen LogP contribution in [-0.2, 0) is 15.9 Å². The molecule has 0 spiro atoms. The summed E-state index contributed by atoms with van der Waals surface area (Å²) in [6.07, 6.45) is 3.14. The number of hydrogen-bond acceptors (Lipinski definition) is 9. The molecule has 3 heterocycles. The second kappa shape index (κ2) is 8.62. The second-order valence-electron chi connectivity index (χ2n) is 8.14. The maximum Gasteiger partial charge on any atom is 0.167 e. The summed E-state index contributed by atoms with van der Waals surface area (Å²) in [5.41, 5.74) is 3.66. The number of ether oxygens (including phenoxy) is 3. The number of aliphatic hydroxyl groups is 2. The molecule has 1 saturated heterocycles. The molecule has 170 valence electrons. The van der Waals surface area contributed by atoms with Gasteiger partial charge in [-0.3, -0.25) is 4.57 Å². The Bertz CT molecular complexity index is 1110. The van der Waals surface area contributed by atoms with Crippen LogP contribution in [0.4, 0.5) is 5.82 Å². The van der Waals surface area contributed by atoms with Crippen LogP contribution in [-0.4, -0.2) is 68.9 Å². The quantitative estimate of drug-likeness (QED) is 0.523. The monoisotopic (exact) mass is 441 g/mol. The maximum absolute atomic E-state index is 10.4. The van der Waals surface area contributed by atoms with E-state index in [-0.39, 0.29) is 12.6 Å². The minimum absolute atomic E-state index is 0.0761. The van der Waals surface area contributed by atoms with Gasteiger partial charge >= 0.3 is 0 Å². The molecule has 0 bridgehead atoms. The molecule has 0 amide bonds. The van der Waals surface area contributed by atoms with Crippen LogP contribution in [0.1, 0.15) is 36.2 Å². The van der Waals surface area contributed by atoms with E-state index >= 15 is 0 Å². The molecule has 1 aliphatic heterocycles. The van der Waals surface area contributed by atoms with Crippen molar-refractivity contribution in [2.24, 2.45) is 0 Å². The third kappa shape index (κ3) is 3.49. The summed E-state index contributed by atoms with van der Waals surface area (Å²) in [6, 6.07) is 6.27. The molecule has 1 unspecified atom stereocenters. The highest BCUT2D eigenvalue weighted by atomic mass is 16.6. The average Bonchev–Trinajstić information content (AvgIpc) is 3.39. The van der Waals surface area contributed by atoms with Crippen molar-refractivity contribution in [2.75, 3.05) is 26.1 Å². The van der Waals surface area contributed by atoms with Crippen LogP contribution in [0, 0.1) is 0 Å². The fourth-order valence-electron chi connectivity index (χ4n) is 4.71. The first-order valence-corrected chi connectivity index (χ1v) is 10.7. The summed E-state index contributed by atoms with van der Waals surface area (Å²) < 4.78 is 18.4. The number of nitrogens with one attached hydrogen (secondary N) is 1. The van der Waals surface area contributed by atoms with Gasteiger partial charge in [0.2, 0.25) is 0 Å². The van der Waals surface area contributed by atoms with Crippen LogP contribution >= 0.6 is 0 Å². The Morgan fingerprint density at radius 3 is 2.91 bits per heavy atom. The van der Waals surface area contributed by atoms with Crippen LogP contribution in [0.15, 0.2) is 30.9 Å². The highest BCUT2D eigenvalue weighted by molar-refractivity contribution is 5.83. The van der Waals surface area contributed by atoms with Gasteiger partial charge in [-0.25, -0.2) is 15.0 Å². The van der Waals surface area contributed by atoms with E-state index in [2.05, 4.69) is 32.4 Å². The summed E-state index contributed by atoms with van der Waals surface area (Å²) in [4.78, 5) is 13.4. The van der Waals surface area contributed by atoms with E-state index in [0.29, 0.717) is 17.0 Å². The van der Waals surface area contributed by atoms with Gasteiger partial charge in [0.15, 0.2) is 23.2 Å². The number of rotatable bonds is 6.